The van der Waals surface area contributed by atoms with Gasteiger partial charge in [-0.1, -0.05) is 20.3 Å². The monoisotopic (exact) mass is 287 g/mol. The van der Waals surface area contributed by atoms with Crippen LogP contribution in [0.15, 0.2) is 18.5 Å². The second-order valence-electron chi connectivity index (χ2n) is 7.19. The van der Waals surface area contributed by atoms with E-state index in [2.05, 4.69) is 47.8 Å². The number of pyridine rings is 1. The standard InChI is InChI=1S/C18H29N3/c1-14(2)18-13-20-9-5-4-6-17(20)12-21(18)11-16-10-19-8-7-15(16)3/h7-8,10,14,17-18H,4-6,9,11-13H2,1-3H3. The molecule has 116 valence electrons. The molecule has 2 unspecified atom stereocenters. The Hall–Kier alpha value is -0.930. The molecule has 3 heteroatoms. The van der Waals surface area contributed by atoms with E-state index in [0.717, 1.165) is 12.6 Å². The average molecular weight is 287 g/mol. The Morgan fingerprint density at radius 3 is 2.90 bits per heavy atom. The smallest absolute Gasteiger partial charge is 0.0315 e. The number of hydrogen-bond donors (Lipinski definition) is 0. The SMILES string of the molecule is Cc1ccncc1CN1CC2CCCCN2CC1C(C)C. The van der Waals surface area contributed by atoms with Crippen molar-refractivity contribution in [3.8, 4) is 0 Å². The van der Waals surface area contributed by atoms with Gasteiger partial charge in [0.1, 0.15) is 0 Å². The molecule has 0 spiro atoms. The second kappa shape index (κ2) is 6.45. The van der Waals surface area contributed by atoms with Crippen LogP contribution in [0.3, 0.4) is 0 Å². The van der Waals surface area contributed by atoms with Crippen molar-refractivity contribution in [1.82, 2.24) is 14.8 Å². The average Bonchev–Trinajstić information content (AvgIpc) is 2.48. The van der Waals surface area contributed by atoms with E-state index in [-0.39, 0.29) is 0 Å². The molecule has 0 aliphatic carbocycles. The highest BCUT2D eigenvalue weighted by molar-refractivity contribution is 5.21. The number of piperidine rings is 1. The third-order valence-electron chi connectivity index (χ3n) is 5.38. The lowest BCUT2D eigenvalue weighted by Gasteiger charge is -2.50. The van der Waals surface area contributed by atoms with E-state index in [1.165, 1.54) is 50.0 Å². The molecule has 0 saturated carbocycles. The Labute approximate surface area is 129 Å². The molecule has 1 aromatic rings. The molecule has 3 heterocycles. The van der Waals surface area contributed by atoms with Gasteiger partial charge in [0.2, 0.25) is 0 Å². The lowest BCUT2D eigenvalue weighted by Crippen LogP contribution is -2.60. The van der Waals surface area contributed by atoms with E-state index in [4.69, 9.17) is 0 Å². The Bertz CT molecular complexity index is 471. The van der Waals surface area contributed by atoms with E-state index in [1.807, 2.05) is 6.20 Å². The van der Waals surface area contributed by atoms with Crippen molar-refractivity contribution in [3.05, 3.63) is 29.6 Å². The first-order chi connectivity index (χ1) is 10.1. The fourth-order valence-corrected chi connectivity index (χ4v) is 3.96. The topological polar surface area (TPSA) is 19.4 Å². The highest BCUT2D eigenvalue weighted by atomic mass is 15.3. The molecule has 3 rings (SSSR count). The first-order valence-corrected chi connectivity index (χ1v) is 8.52. The minimum Gasteiger partial charge on any atom is -0.298 e. The Kier molecular flexibility index (Phi) is 4.60. The maximum Gasteiger partial charge on any atom is 0.0315 e. The van der Waals surface area contributed by atoms with Crippen LogP contribution in [0.1, 0.15) is 44.2 Å². The Morgan fingerprint density at radius 2 is 2.14 bits per heavy atom. The van der Waals surface area contributed by atoms with E-state index < -0.39 is 0 Å². The summed E-state index contributed by atoms with van der Waals surface area (Å²) in [7, 11) is 0. The van der Waals surface area contributed by atoms with Gasteiger partial charge in [-0.05, 0) is 49.4 Å². The summed E-state index contributed by atoms with van der Waals surface area (Å²) in [5, 5.41) is 0. The van der Waals surface area contributed by atoms with Gasteiger partial charge in [-0.3, -0.25) is 14.8 Å². The van der Waals surface area contributed by atoms with Gasteiger partial charge in [0, 0.05) is 44.1 Å². The quantitative estimate of drug-likeness (QED) is 0.851. The van der Waals surface area contributed by atoms with Gasteiger partial charge < -0.3 is 0 Å². The summed E-state index contributed by atoms with van der Waals surface area (Å²) in [6, 6.07) is 3.60. The number of fused-ring (bicyclic) bond motifs is 1. The maximum atomic E-state index is 4.33. The molecule has 2 aliphatic heterocycles. The zero-order valence-corrected chi connectivity index (χ0v) is 13.8. The van der Waals surface area contributed by atoms with Gasteiger partial charge in [-0.15, -0.1) is 0 Å². The van der Waals surface area contributed by atoms with Crippen LogP contribution >= 0.6 is 0 Å². The summed E-state index contributed by atoms with van der Waals surface area (Å²) in [6.45, 7) is 11.8. The molecule has 21 heavy (non-hydrogen) atoms. The van der Waals surface area contributed by atoms with Crippen LogP contribution in [0.2, 0.25) is 0 Å². The van der Waals surface area contributed by atoms with Gasteiger partial charge >= 0.3 is 0 Å². The number of rotatable bonds is 3. The molecule has 0 radical (unpaired) electrons. The van der Waals surface area contributed by atoms with Crippen LogP contribution in [-0.2, 0) is 6.54 Å². The number of hydrogen-bond acceptors (Lipinski definition) is 3. The predicted molar refractivity (Wildman–Crippen MR) is 87.2 cm³/mol. The van der Waals surface area contributed by atoms with Gasteiger partial charge in [0.25, 0.3) is 0 Å². The summed E-state index contributed by atoms with van der Waals surface area (Å²) < 4.78 is 0. The molecule has 0 N–H and O–H groups in total. The maximum absolute atomic E-state index is 4.33. The van der Waals surface area contributed by atoms with Crippen LogP contribution in [0.4, 0.5) is 0 Å². The van der Waals surface area contributed by atoms with E-state index in [0.29, 0.717) is 12.0 Å². The summed E-state index contributed by atoms with van der Waals surface area (Å²) in [5.74, 6) is 0.713. The van der Waals surface area contributed by atoms with Crippen LogP contribution in [0.25, 0.3) is 0 Å². The highest BCUT2D eigenvalue weighted by Gasteiger charge is 2.36. The predicted octanol–water partition coefficient (Wildman–Crippen LogP) is 3.08. The number of aromatic nitrogens is 1. The fourth-order valence-electron chi connectivity index (χ4n) is 3.96. The largest absolute Gasteiger partial charge is 0.298 e. The van der Waals surface area contributed by atoms with E-state index in [9.17, 15) is 0 Å². The molecule has 0 amide bonds. The highest BCUT2D eigenvalue weighted by Crippen LogP contribution is 2.28. The van der Waals surface area contributed by atoms with Crippen molar-refractivity contribution in [2.24, 2.45) is 5.92 Å². The minimum atomic E-state index is 0.680. The molecular weight excluding hydrogens is 258 g/mol. The van der Waals surface area contributed by atoms with Crippen molar-refractivity contribution in [2.45, 2.75) is 58.7 Å². The molecular formula is C18H29N3. The zero-order chi connectivity index (χ0) is 14.8. The van der Waals surface area contributed by atoms with E-state index in [1.54, 1.807) is 0 Å². The zero-order valence-electron chi connectivity index (χ0n) is 13.8. The summed E-state index contributed by atoms with van der Waals surface area (Å²) in [4.78, 5) is 9.80. The van der Waals surface area contributed by atoms with Crippen LogP contribution < -0.4 is 0 Å². The summed E-state index contributed by atoms with van der Waals surface area (Å²) >= 11 is 0. The summed E-state index contributed by atoms with van der Waals surface area (Å²) in [6.07, 6.45) is 8.14. The van der Waals surface area contributed by atoms with Crippen molar-refractivity contribution in [1.29, 1.82) is 0 Å². The second-order valence-corrected chi connectivity index (χ2v) is 7.19. The molecule has 2 fully saturated rings. The first kappa shape index (κ1) is 15.0. The van der Waals surface area contributed by atoms with Gasteiger partial charge in [-0.2, -0.15) is 0 Å². The van der Waals surface area contributed by atoms with Crippen LogP contribution in [0.5, 0.6) is 0 Å². The molecule has 2 atom stereocenters. The van der Waals surface area contributed by atoms with Crippen LogP contribution in [-0.4, -0.2) is 46.5 Å². The third-order valence-corrected chi connectivity index (χ3v) is 5.38. The molecule has 0 bridgehead atoms. The molecule has 1 aromatic heterocycles. The molecule has 2 saturated heterocycles. The lowest BCUT2D eigenvalue weighted by atomic mass is 9.91. The van der Waals surface area contributed by atoms with Crippen molar-refractivity contribution >= 4 is 0 Å². The van der Waals surface area contributed by atoms with Crippen molar-refractivity contribution < 1.29 is 0 Å². The van der Waals surface area contributed by atoms with Gasteiger partial charge in [-0.25, -0.2) is 0 Å². The Balaban J connectivity index is 1.76. The number of piperazine rings is 1. The molecule has 0 aromatic carbocycles. The Morgan fingerprint density at radius 1 is 1.29 bits per heavy atom. The lowest BCUT2D eigenvalue weighted by molar-refractivity contribution is -0.0119. The summed E-state index contributed by atoms with van der Waals surface area (Å²) in [5.41, 5.74) is 2.77. The minimum absolute atomic E-state index is 0.680. The normalized spacial score (nSPS) is 27.8. The van der Waals surface area contributed by atoms with Crippen molar-refractivity contribution in [3.63, 3.8) is 0 Å². The van der Waals surface area contributed by atoms with E-state index >= 15 is 0 Å². The fraction of sp³-hybridized carbons (Fsp3) is 0.722. The number of aryl methyl sites for hydroxylation is 1. The third kappa shape index (κ3) is 3.29. The molecule has 2 aliphatic rings. The van der Waals surface area contributed by atoms with Crippen molar-refractivity contribution in [2.75, 3.05) is 19.6 Å². The molecule has 3 nitrogen and oxygen atoms in total. The van der Waals surface area contributed by atoms with Crippen LogP contribution in [0, 0.1) is 12.8 Å². The van der Waals surface area contributed by atoms with Gasteiger partial charge in [0.15, 0.2) is 0 Å². The first-order valence-electron chi connectivity index (χ1n) is 8.52. The number of nitrogens with zero attached hydrogens (tertiary/aromatic N) is 3. The van der Waals surface area contributed by atoms with Gasteiger partial charge in [0.05, 0.1) is 0 Å².